The van der Waals surface area contributed by atoms with Crippen LogP contribution in [-0.4, -0.2) is 31.8 Å². The van der Waals surface area contributed by atoms with Gasteiger partial charge in [0.1, 0.15) is 0 Å². The van der Waals surface area contributed by atoms with Crippen molar-refractivity contribution in [1.29, 1.82) is 0 Å². The molecule has 4 heteroatoms. The lowest BCUT2D eigenvalue weighted by molar-refractivity contribution is 0.740. The van der Waals surface area contributed by atoms with Crippen LogP contribution < -0.4 is 4.90 Å². The van der Waals surface area contributed by atoms with Gasteiger partial charge in [0.15, 0.2) is 3.94 Å². The van der Waals surface area contributed by atoms with Gasteiger partial charge in [0, 0.05) is 22.2 Å². The van der Waals surface area contributed by atoms with Crippen molar-refractivity contribution in [3.05, 3.63) is 30.3 Å². The second-order valence-electron chi connectivity index (χ2n) is 10.5. The standard InChI is InChI=1S/C24H44NPS2/c1-12-13-19-26(21(2,3)4)24(27-22(5,6)7,28-23(8,9)10)25(11)20-17-15-14-16-18-20/h14-18H,12-13,19H2,1-11H3. The van der Waals surface area contributed by atoms with Crippen LogP contribution in [0.15, 0.2) is 30.3 Å². The van der Waals surface area contributed by atoms with Gasteiger partial charge in [-0.25, -0.2) is 0 Å². The summed E-state index contributed by atoms with van der Waals surface area (Å²) in [7, 11) is 2.04. The molecule has 0 fully saturated rings. The number of para-hydroxylation sites is 1. The van der Waals surface area contributed by atoms with Gasteiger partial charge in [0.2, 0.25) is 0 Å². The van der Waals surface area contributed by atoms with Crippen LogP contribution in [-0.2, 0) is 0 Å². The molecule has 28 heavy (non-hydrogen) atoms. The molecule has 0 heterocycles. The number of nitrogens with zero attached hydrogens (tertiary/aromatic N) is 1. The number of anilines is 1. The first-order valence-corrected chi connectivity index (χ1v) is 13.8. The van der Waals surface area contributed by atoms with Crippen LogP contribution in [0, 0.1) is 0 Å². The summed E-state index contributed by atoms with van der Waals surface area (Å²) in [6.07, 6.45) is 3.89. The van der Waals surface area contributed by atoms with Crippen molar-refractivity contribution >= 4 is 37.1 Å². The summed E-state index contributed by atoms with van der Waals surface area (Å²) in [5, 5.41) is 0.282. The van der Waals surface area contributed by atoms with Crippen molar-refractivity contribution in [3.63, 3.8) is 0 Å². The lowest BCUT2D eigenvalue weighted by Crippen LogP contribution is -2.48. The number of thioether (sulfide) groups is 2. The lowest BCUT2D eigenvalue weighted by Gasteiger charge is -2.56. The monoisotopic (exact) mass is 441 g/mol. The van der Waals surface area contributed by atoms with Gasteiger partial charge in [-0.2, -0.15) is 0 Å². The minimum Gasteiger partial charge on any atom is -0.348 e. The normalized spacial score (nSPS) is 14.8. The molecule has 1 aromatic carbocycles. The molecular weight excluding hydrogens is 397 g/mol. The lowest BCUT2D eigenvalue weighted by atomic mass is 10.3. The van der Waals surface area contributed by atoms with Gasteiger partial charge in [0.05, 0.1) is 0 Å². The Balaban J connectivity index is 3.70. The molecule has 0 N–H and O–H groups in total. The predicted octanol–water partition coefficient (Wildman–Crippen LogP) is 8.88. The van der Waals surface area contributed by atoms with E-state index in [9.17, 15) is 0 Å². The third-order valence-electron chi connectivity index (χ3n) is 4.33. The van der Waals surface area contributed by atoms with Crippen LogP contribution in [0.4, 0.5) is 5.69 Å². The van der Waals surface area contributed by atoms with Gasteiger partial charge in [-0.3, -0.25) is 0 Å². The molecule has 0 saturated carbocycles. The Morgan fingerprint density at radius 3 is 1.64 bits per heavy atom. The molecular formula is C24H44NPS2. The highest BCUT2D eigenvalue weighted by atomic mass is 32.2. The maximum atomic E-state index is 2.62. The Kier molecular flexibility index (Phi) is 9.33. The highest BCUT2D eigenvalue weighted by Gasteiger charge is 2.52. The van der Waals surface area contributed by atoms with Crippen LogP contribution in [0.25, 0.3) is 0 Å². The number of rotatable bonds is 8. The molecule has 1 rings (SSSR count). The maximum absolute atomic E-state index is 2.62. The largest absolute Gasteiger partial charge is 0.348 e. The quantitative estimate of drug-likeness (QED) is 0.293. The Morgan fingerprint density at radius 2 is 1.29 bits per heavy atom. The summed E-state index contributed by atoms with van der Waals surface area (Å²) < 4.78 is 0.374. The molecule has 1 atom stereocenters. The molecule has 1 unspecified atom stereocenters. The van der Waals surface area contributed by atoms with E-state index in [1.54, 1.807) is 0 Å². The number of benzene rings is 1. The zero-order valence-electron chi connectivity index (χ0n) is 20.2. The Bertz CT molecular complexity index is 565. The van der Waals surface area contributed by atoms with Crippen LogP contribution in [0.5, 0.6) is 0 Å². The van der Waals surface area contributed by atoms with E-state index in [0.717, 1.165) is 0 Å². The van der Waals surface area contributed by atoms with Crippen molar-refractivity contribution < 1.29 is 0 Å². The van der Waals surface area contributed by atoms with E-state index in [1.165, 1.54) is 24.7 Å². The third kappa shape index (κ3) is 7.77. The first kappa shape index (κ1) is 26.2. The molecule has 0 saturated heterocycles. The predicted molar refractivity (Wildman–Crippen MR) is 139 cm³/mol. The van der Waals surface area contributed by atoms with Crippen LogP contribution >= 0.6 is 31.4 Å². The fourth-order valence-electron chi connectivity index (χ4n) is 3.28. The third-order valence-corrected chi connectivity index (χ3v) is 12.4. The van der Waals surface area contributed by atoms with Crippen molar-refractivity contribution in [1.82, 2.24) is 0 Å². The number of unbranched alkanes of at least 4 members (excludes halogenated alkanes) is 1. The van der Waals surface area contributed by atoms with Gasteiger partial charge < -0.3 is 4.90 Å². The van der Waals surface area contributed by atoms with Crippen molar-refractivity contribution in [3.8, 4) is 0 Å². The minimum atomic E-state index is -0.295. The Labute approximate surface area is 186 Å². The van der Waals surface area contributed by atoms with Crippen molar-refractivity contribution in [2.75, 3.05) is 18.1 Å². The van der Waals surface area contributed by atoms with E-state index >= 15 is 0 Å². The summed E-state index contributed by atoms with van der Waals surface area (Å²) in [6, 6.07) is 11.0. The molecule has 0 bridgehead atoms. The Hall–Kier alpha value is 0.150. The number of hydrogen-bond acceptors (Lipinski definition) is 3. The zero-order chi connectivity index (χ0) is 21.8. The van der Waals surface area contributed by atoms with E-state index in [-0.39, 0.29) is 26.5 Å². The second kappa shape index (κ2) is 9.97. The molecule has 0 spiro atoms. The first-order chi connectivity index (χ1) is 12.6. The Morgan fingerprint density at radius 1 is 0.821 bits per heavy atom. The highest BCUT2D eigenvalue weighted by Crippen LogP contribution is 2.73. The fraction of sp³-hybridized carbons (Fsp3) is 0.750. The molecule has 0 radical (unpaired) electrons. The van der Waals surface area contributed by atoms with Crippen LogP contribution in [0.1, 0.15) is 82.1 Å². The summed E-state index contributed by atoms with van der Waals surface area (Å²) in [5.41, 5.74) is 1.32. The summed E-state index contributed by atoms with van der Waals surface area (Å²) >= 11 is 4.36. The molecule has 1 aromatic rings. The van der Waals surface area contributed by atoms with Gasteiger partial charge in [-0.15, -0.1) is 23.5 Å². The topological polar surface area (TPSA) is 3.24 Å². The smallest absolute Gasteiger partial charge is 0.153 e. The molecule has 0 aliphatic rings. The van der Waals surface area contributed by atoms with Gasteiger partial charge >= 0.3 is 0 Å². The average Bonchev–Trinajstić information content (AvgIpc) is 2.50. The molecule has 0 aromatic heterocycles. The molecule has 0 aliphatic carbocycles. The van der Waals surface area contributed by atoms with Gasteiger partial charge in [-0.05, 0) is 29.9 Å². The summed E-state index contributed by atoms with van der Waals surface area (Å²) in [5.74, 6) is 0. The fourth-order valence-corrected chi connectivity index (χ4v) is 14.7. The van der Waals surface area contributed by atoms with E-state index in [2.05, 4.69) is 135 Å². The summed E-state index contributed by atoms with van der Waals surface area (Å²) in [4.78, 5) is 2.62. The van der Waals surface area contributed by atoms with Gasteiger partial charge in [-0.1, -0.05) is 102 Å². The van der Waals surface area contributed by atoms with Crippen molar-refractivity contribution in [2.24, 2.45) is 0 Å². The average molecular weight is 442 g/mol. The SMILES string of the molecule is CCCCP(C(C)(C)C)C(SC(C)(C)C)(SC(C)(C)C)N(C)c1ccccc1. The minimum absolute atomic E-state index is 0.0145. The molecule has 0 amide bonds. The van der Waals surface area contributed by atoms with E-state index in [4.69, 9.17) is 0 Å². The number of hydrogen-bond donors (Lipinski definition) is 0. The molecule has 0 aliphatic heterocycles. The first-order valence-electron chi connectivity index (χ1n) is 10.6. The van der Waals surface area contributed by atoms with Crippen LogP contribution in [0.3, 0.4) is 0 Å². The zero-order valence-corrected chi connectivity index (χ0v) is 22.7. The van der Waals surface area contributed by atoms with Gasteiger partial charge in [0.25, 0.3) is 0 Å². The second-order valence-corrected chi connectivity index (χ2v) is 18.7. The molecule has 1 nitrogen and oxygen atoms in total. The van der Waals surface area contributed by atoms with Crippen LogP contribution in [0.2, 0.25) is 0 Å². The van der Waals surface area contributed by atoms with E-state index < -0.39 is 0 Å². The van der Waals surface area contributed by atoms with Crippen molar-refractivity contribution in [2.45, 2.75) is 101 Å². The van der Waals surface area contributed by atoms with E-state index in [1.807, 2.05) is 0 Å². The highest BCUT2D eigenvalue weighted by molar-refractivity contribution is 8.26. The molecule has 162 valence electrons. The summed E-state index contributed by atoms with van der Waals surface area (Å²) in [6.45, 7) is 24.0. The maximum Gasteiger partial charge on any atom is 0.153 e. The van der Waals surface area contributed by atoms with E-state index in [0.29, 0.717) is 0 Å².